The summed E-state index contributed by atoms with van der Waals surface area (Å²) < 4.78 is 3.50. The normalized spacial score (nSPS) is 10.8. The Morgan fingerprint density at radius 1 is 1.00 bits per heavy atom. The van der Waals surface area contributed by atoms with Gasteiger partial charge in [0.1, 0.15) is 11.5 Å². The summed E-state index contributed by atoms with van der Waals surface area (Å²) in [6.07, 6.45) is 4.70. The van der Waals surface area contributed by atoms with Gasteiger partial charge in [-0.2, -0.15) is 5.10 Å². The number of amides is 1. The molecule has 0 atom stereocenters. The third kappa shape index (κ3) is 4.19. The molecule has 0 fully saturated rings. The summed E-state index contributed by atoms with van der Waals surface area (Å²) in [5.41, 5.74) is 9.32. The highest BCUT2D eigenvalue weighted by atomic mass is 16.1. The largest absolute Gasteiger partial charge is 0.384 e. The summed E-state index contributed by atoms with van der Waals surface area (Å²) in [5, 5.41) is 7.52. The molecule has 4 rings (SSSR count). The molecule has 0 aliphatic carbocycles. The van der Waals surface area contributed by atoms with E-state index < -0.39 is 0 Å². The number of hydrogen-bond acceptors (Lipinski definition) is 4. The number of nitrogens with one attached hydrogen (secondary N) is 1. The zero-order chi connectivity index (χ0) is 20.1. The first-order valence-electron chi connectivity index (χ1n) is 9.48. The first-order chi connectivity index (χ1) is 14.2. The minimum atomic E-state index is -0.152. The zero-order valence-electron chi connectivity index (χ0n) is 15.9. The van der Waals surface area contributed by atoms with Crippen LogP contribution in [0.2, 0.25) is 0 Å². The lowest BCUT2D eigenvalue weighted by Crippen LogP contribution is -2.26. The highest BCUT2D eigenvalue weighted by molar-refractivity contribution is 5.92. The molecular weight excluding hydrogens is 364 g/mol. The van der Waals surface area contributed by atoms with Gasteiger partial charge in [-0.1, -0.05) is 36.4 Å². The minimum Gasteiger partial charge on any atom is -0.384 e. The van der Waals surface area contributed by atoms with Crippen molar-refractivity contribution in [2.75, 3.05) is 12.3 Å². The van der Waals surface area contributed by atoms with Crippen LogP contribution in [0.5, 0.6) is 0 Å². The molecule has 4 aromatic rings. The van der Waals surface area contributed by atoms with Crippen LogP contribution in [0.15, 0.2) is 79.3 Å². The summed E-state index contributed by atoms with van der Waals surface area (Å²) in [5.74, 6) is 0.447. The number of carbonyl (C=O) groups excluding carboxylic acids is 1. The average Bonchev–Trinajstić information content (AvgIpc) is 3.39. The third-order valence-corrected chi connectivity index (χ3v) is 4.59. The smallest absolute Gasteiger partial charge is 0.269 e. The summed E-state index contributed by atoms with van der Waals surface area (Å²) in [7, 11) is 0. The number of nitrogens with zero attached hydrogens (tertiary/aromatic N) is 4. The molecule has 0 aliphatic heterocycles. The molecule has 0 saturated carbocycles. The van der Waals surface area contributed by atoms with Gasteiger partial charge in [0.2, 0.25) is 0 Å². The van der Waals surface area contributed by atoms with Crippen molar-refractivity contribution < 1.29 is 4.79 Å². The van der Waals surface area contributed by atoms with E-state index in [0.29, 0.717) is 18.1 Å². The maximum Gasteiger partial charge on any atom is 0.269 e. The van der Waals surface area contributed by atoms with Crippen molar-refractivity contribution in [3.05, 3.63) is 90.6 Å². The van der Waals surface area contributed by atoms with Crippen molar-refractivity contribution >= 4 is 11.7 Å². The van der Waals surface area contributed by atoms with E-state index in [0.717, 1.165) is 29.9 Å². The first kappa shape index (κ1) is 18.5. The first-order valence-corrected chi connectivity index (χ1v) is 9.48. The number of nitrogen functional groups attached to an aromatic ring is 1. The topological polar surface area (TPSA) is 90.8 Å². The molecule has 7 heteroatoms. The molecule has 0 aliphatic rings. The number of aryl methyl sites for hydroxylation is 1. The average molecular weight is 386 g/mol. The number of anilines is 1. The number of hydrogen-bond donors (Lipinski definition) is 2. The van der Waals surface area contributed by atoms with Crippen molar-refractivity contribution in [1.29, 1.82) is 0 Å². The van der Waals surface area contributed by atoms with Gasteiger partial charge in [-0.3, -0.25) is 9.36 Å². The lowest BCUT2D eigenvalue weighted by atomic mass is 10.2. The van der Waals surface area contributed by atoms with Crippen LogP contribution < -0.4 is 11.1 Å². The van der Waals surface area contributed by atoms with Gasteiger partial charge in [0.15, 0.2) is 0 Å². The van der Waals surface area contributed by atoms with E-state index in [-0.39, 0.29) is 5.91 Å². The molecule has 0 bridgehead atoms. The minimum absolute atomic E-state index is 0.152. The molecular formula is C22H22N6O. The van der Waals surface area contributed by atoms with Crippen LogP contribution in [0.3, 0.4) is 0 Å². The standard InChI is InChI=1S/C22H22N6O/c23-21-14-17(26-28(21)19-11-5-2-6-12-19)8-7-13-25-22(29)20-15-24-16-27(20)18-9-3-1-4-10-18/h1-6,9-12,14-16H,7-8,13,23H2,(H,25,29). The monoisotopic (exact) mass is 386 g/mol. The lowest BCUT2D eigenvalue weighted by Gasteiger charge is -2.08. The molecule has 0 unspecified atom stereocenters. The van der Waals surface area contributed by atoms with Gasteiger partial charge in [0, 0.05) is 18.3 Å². The SMILES string of the molecule is Nc1cc(CCCNC(=O)c2cncn2-c2ccccc2)nn1-c1ccccc1. The number of aromatic nitrogens is 4. The third-order valence-electron chi connectivity index (χ3n) is 4.59. The van der Waals surface area contributed by atoms with Gasteiger partial charge in [0.05, 0.1) is 23.9 Å². The molecule has 3 N–H and O–H groups in total. The summed E-state index contributed by atoms with van der Waals surface area (Å²) in [6, 6.07) is 21.3. The second-order valence-corrected chi connectivity index (χ2v) is 6.65. The van der Waals surface area contributed by atoms with Crippen LogP contribution in [-0.2, 0) is 6.42 Å². The molecule has 2 aromatic heterocycles. The van der Waals surface area contributed by atoms with Crippen LogP contribution in [0.4, 0.5) is 5.82 Å². The summed E-state index contributed by atoms with van der Waals surface area (Å²) >= 11 is 0. The van der Waals surface area contributed by atoms with Crippen molar-refractivity contribution in [3.8, 4) is 11.4 Å². The van der Waals surface area contributed by atoms with Crippen molar-refractivity contribution in [2.24, 2.45) is 0 Å². The number of imidazole rings is 1. The fraction of sp³-hybridized carbons (Fsp3) is 0.136. The molecule has 7 nitrogen and oxygen atoms in total. The van der Waals surface area contributed by atoms with Gasteiger partial charge in [-0.05, 0) is 37.1 Å². The second-order valence-electron chi connectivity index (χ2n) is 6.65. The Morgan fingerprint density at radius 2 is 1.69 bits per heavy atom. The highest BCUT2D eigenvalue weighted by Crippen LogP contribution is 2.15. The molecule has 1 amide bonds. The summed E-state index contributed by atoms with van der Waals surface area (Å²) in [6.45, 7) is 0.539. The Morgan fingerprint density at radius 3 is 2.41 bits per heavy atom. The number of carbonyl (C=O) groups is 1. The molecule has 2 aromatic carbocycles. The van der Waals surface area contributed by atoms with E-state index in [1.807, 2.05) is 66.7 Å². The van der Waals surface area contributed by atoms with Gasteiger partial charge in [-0.15, -0.1) is 0 Å². The Bertz CT molecular complexity index is 1080. The van der Waals surface area contributed by atoms with Gasteiger partial charge < -0.3 is 11.1 Å². The van der Waals surface area contributed by atoms with E-state index in [1.54, 1.807) is 21.8 Å². The van der Waals surface area contributed by atoms with Crippen LogP contribution in [0, 0.1) is 0 Å². The van der Waals surface area contributed by atoms with E-state index in [2.05, 4.69) is 15.4 Å². The molecule has 2 heterocycles. The summed E-state index contributed by atoms with van der Waals surface area (Å²) in [4.78, 5) is 16.7. The Hall–Kier alpha value is -3.87. The van der Waals surface area contributed by atoms with Gasteiger partial charge in [-0.25, -0.2) is 9.67 Å². The lowest BCUT2D eigenvalue weighted by molar-refractivity contribution is 0.0946. The van der Waals surface area contributed by atoms with Crippen LogP contribution >= 0.6 is 0 Å². The van der Waals surface area contributed by atoms with E-state index in [4.69, 9.17) is 5.73 Å². The van der Waals surface area contributed by atoms with Gasteiger partial charge >= 0.3 is 0 Å². The zero-order valence-corrected chi connectivity index (χ0v) is 15.9. The van der Waals surface area contributed by atoms with Crippen LogP contribution in [0.25, 0.3) is 11.4 Å². The molecule has 146 valence electrons. The fourth-order valence-corrected chi connectivity index (χ4v) is 3.16. The Labute approximate surface area is 168 Å². The number of rotatable bonds is 7. The van der Waals surface area contributed by atoms with E-state index in [9.17, 15) is 4.79 Å². The maximum absolute atomic E-state index is 12.5. The molecule has 0 spiro atoms. The molecule has 0 radical (unpaired) electrons. The Kier molecular flexibility index (Phi) is 5.38. The van der Waals surface area contributed by atoms with Gasteiger partial charge in [0.25, 0.3) is 5.91 Å². The van der Waals surface area contributed by atoms with Crippen molar-refractivity contribution in [2.45, 2.75) is 12.8 Å². The van der Waals surface area contributed by atoms with Crippen LogP contribution in [0.1, 0.15) is 22.6 Å². The number of benzene rings is 2. The Balaban J connectivity index is 1.33. The number of para-hydroxylation sites is 2. The second kappa shape index (κ2) is 8.43. The van der Waals surface area contributed by atoms with E-state index >= 15 is 0 Å². The predicted molar refractivity (Wildman–Crippen MR) is 112 cm³/mol. The number of nitrogens with two attached hydrogens (primary N) is 1. The predicted octanol–water partition coefficient (Wildman–Crippen LogP) is 3.00. The maximum atomic E-state index is 12.5. The fourth-order valence-electron chi connectivity index (χ4n) is 3.16. The van der Waals surface area contributed by atoms with E-state index in [1.165, 1.54) is 0 Å². The molecule has 0 saturated heterocycles. The van der Waals surface area contributed by atoms with Crippen LogP contribution in [-0.4, -0.2) is 31.8 Å². The van der Waals surface area contributed by atoms with Crippen molar-refractivity contribution in [1.82, 2.24) is 24.6 Å². The van der Waals surface area contributed by atoms with Crippen molar-refractivity contribution in [3.63, 3.8) is 0 Å². The quantitative estimate of drug-likeness (QED) is 0.478. The highest BCUT2D eigenvalue weighted by Gasteiger charge is 2.13. The molecule has 29 heavy (non-hydrogen) atoms.